The minimum absolute atomic E-state index is 0.0321. The monoisotopic (exact) mass is 422 g/mol. The number of terminal acetylenes is 1. The molecule has 6 nitrogen and oxygen atoms in total. The van der Waals surface area contributed by atoms with Gasteiger partial charge in [0.05, 0.1) is 18.2 Å². The quantitative estimate of drug-likeness (QED) is 0.614. The zero-order valence-corrected chi connectivity index (χ0v) is 16.8. The molecule has 2 aromatic carbocycles. The number of anilines is 1. The summed E-state index contributed by atoms with van der Waals surface area (Å²) in [5.74, 6) is 0.554. The van der Waals surface area contributed by atoms with E-state index in [0.717, 1.165) is 19.3 Å². The van der Waals surface area contributed by atoms with Gasteiger partial charge in [-0.25, -0.2) is 18.7 Å². The highest BCUT2D eigenvalue weighted by atomic mass is 19.1. The number of carbonyl (C=O) groups is 1. The molecule has 0 radical (unpaired) electrons. The molecule has 0 bridgehead atoms. The van der Waals surface area contributed by atoms with Crippen molar-refractivity contribution < 1.29 is 18.3 Å². The lowest BCUT2D eigenvalue weighted by molar-refractivity contribution is -0.116. The maximum atomic E-state index is 14.6. The molecule has 31 heavy (non-hydrogen) atoms. The largest absolute Gasteiger partial charge is 0.494 e. The third kappa shape index (κ3) is 4.12. The van der Waals surface area contributed by atoms with Crippen molar-refractivity contribution in [3.8, 4) is 29.2 Å². The maximum Gasteiger partial charge on any atom is 0.295 e. The van der Waals surface area contributed by atoms with Crippen LogP contribution in [0.2, 0.25) is 0 Å². The first-order valence-electron chi connectivity index (χ1n) is 9.83. The van der Waals surface area contributed by atoms with Crippen molar-refractivity contribution in [1.29, 1.82) is 0 Å². The number of nitrogens with one attached hydrogen (secondary N) is 2. The molecule has 4 rings (SSSR count). The van der Waals surface area contributed by atoms with Crippen LogP contribution in [0, 0.1) is 24.0 Å². The minimum atomic E-state index is -0.762. The summed E-state index contributed by atoms with van der Waals surface area (Å²) >= 11 is 0. The van der Waals surface area contributed by atoms with E-state index in [4.69, 9.17) is 11.2 Å². The third-order valence-electron chi connectivity index (χ3n) is 5.42. The lowest BCUT2D eigenvalue weighted by Crippen LogP contribution is -2.43. The van der Waals surface area contributed by atoms with Gasteiger partial charge < -0.3 is 15.4 Å². The number of amides is 1. The van der Waals surface area contributed by atoms with Crippen LogP contribution in [0.15, 0.2) is 36.5 Å². The predicted octanol–water partition coefficient (Wildman–Crippen LogP) is 3.67. The summed E-state index contributed by atoms with van der Waals surface area (Å²) in [6, 6.07) is 7.21. The molecular formula is C23H20F2N4O2. The van der Waals surface area contributed by atoms with Gasteiger partial charge in [0.1, 0.15) is 5.82 Å². The van der Waals surface area contributed by atoms with E-state index < -0.39 is 17.5 Å². The molecule has 1 heterocycles. The zero-order chi connectivity index (χ0) is 22.0. The average molecular weight is 422 g/mol. The average Bonchev–Trinajstić information content (AvgIpc) is 3.20. The van der Waals surface area contributed by atoms with Gasteiger partial charge in [-0.15, -0.1) is 6.42 Å². The summed E-state index contributed by atoms with van der Waals surface area (Å²) in [5, 5.41) is 6.69. The molecule has 0 saturated heterocycles. The van der Waals surface area contributed by atoms with E-state index in [2.05, 4.69) is 26.5 Å². The van der Waals surface area contributed by atoms with E-state index in [1.165, 1.54) is 19.2 Å². The SMILES string of the molecule is C#CC(=O)N[C@H]1CCC[C@H]1Nc1ncc2cc(-c3c(F)ccc(OC)c3F)ccc2n1. The van der Waals surface area contributed by atoms with Crippen molar-refractivity contribution in [2.75, 3.05) is 12.4 Å². The van der Waals surface area contributed by atoms with Gasteiger partial charge in [-0.05, 0) is 55.0 Å². The van der Waals surface area contributed by atoms with Gasteiger partial charge in [0.2, 0.25) is 5.95 Å². The second-order valence-corrected chi connectivity index (χ2v) is 7.31. The molecule has 0 aliphatic heterocycles. The molecule has 1 amide bonds. The smallest absolute Gasteiger partial charge is 0.295 e. The van der Waals surface area contributed by atoms with Crippen LogP contribution in [0.4, 0.5) is 14.7 Å². The van der Waals surface area contributed by atoms with E-state index in [1.54, 1.807) is 24.4 Å². The number of rotatable bonds is 5. The molecule has 0 spiro atoms. The van der Waals surface area contributed by atoms with Crippen LogP contribution in [-0.4, -0.2) is 35.1 Å². The fourth-order valence-electron chi connectivity index (χ4n) is 3.90. The number of ether oxygens (including phenoxy) is 1. The standard InChI is InChI=1S/C23H20F2N4O2/c1-3-20(30)27-17-5-4-6-18(17)29-23-26-12-14-11-13(7-9-16(14)28-23)21-15(24)8-10-19(31-2)22(21)25/h1,7-12,17-18H,4-6H2,2H3,(H,27,30)(H,26,28,29)/t17-,18+/m0/s1. The van der Waals surface area contributed by atoms with E-state index in [-0.39, 0.29) is 23.4 Å². The molecule has 2 N–H and O–H groups in total. The van der Waals surface area contributed by atoms with Crippen LogP contribution < -0.4 is 15.4 Å². The Morgan fingerprint density at radius 2 is 2.03 bits per heavy atom. The molecule has 3 aromatic rings. The molecule has 1 fully saturated rings. The summed E-state index contributed by atoms with van der Waals surface area (Å²) < 4.78 is 33.9. The molecule has 8 heteroatoms. The van der Waals surface area contributed by atoms with E-state index in [9.17, 15) is 13.6 Å². The normalized spacial score (nSPS) is 17.9. The number of benzene rings is 2. The molecule has 1 saturated carbocycles. The van der Waals surface area contributed by atoms with Crippen molar-refractivity contribution in [3.05, 3.63) is 48.2 Å². The van der Waals surface area contributed by atoms with Crippen LogP contribution in [0.25, 0.3) is 22.0 Å². The Morgan fingerprint density at radius 1 is 1.23 bits per heavy atom. The molecule has 1 aromatic heterocycles. The summed E-state index contributed by atoms with van der Waals surface area (Å²) in [7, 11) is 1.33. The van der Waals surface area contributed by atoms with Gasteiger partial charge in [-0.1, -0.05) is 6.07 Å². The van der Waals surface area contributed by atoms with E-state index in [1.807, 2.05) is 0 Å². The Balaban J connectivity index is 1.60. The van der Waals surface area contributed by atoms with Gasteiger partial charge in [0, 0.05) is 23.7 Å². The summed E-state index contributed by atoms with van der Waals surface area (Å²) in [6.45, 7) is 0. The van der Waals surface area contributed by atoms with Crippen molar-refractivity contribution in [2.45, 2.75) is 31.3 Å². The molecule has 1 aliphatic carbocycles. The fraction of sp³-hybridized carbons (Fsp3) is 0.261. The van der Waals surface area contributed by atoms with Crippen LogP contribution in [0.3, 0.4) is 0 Å². The van der Waals surface area contributed by atoms with Crippen LogP contribution in [0.5, 0.6) is 5.75 Å². The number of hydrogen-bond donors (Lipinski definition) is 2. The summed E-state index contributed by atoms with van der Waals surface area (Å²) in [4.78, 5) is 20.3. The number of carbonyl (C=O) groups excluding carboxylic acids is 1. The second-order valence-electron chi connectivity index (χ2n) is 7.31. The summed E-state index contributed by atoms with van der Waals surface area (Å²) in [6.07, 6.45) is 9.35. The van der Waals surface area contributed by atoms with E-state index >= 15 is 0 Å². The first-order valence-corrected chi connectivity index (χ1v) is 9.83. The van der Waals surface area contributed by atoms with Gasteiger partial charge in [0.25, 0.3) is 5.91 Å². The molecule has 1 aliphatic rings. The highest BCUT2D eigenvalue weighted by molar-refractivity contribution is 5.93. The number of hydrogen-bond acceptors (Lipinski definition) is 5. The van der Waals surface area contributed by atoms with Crippen LogP contribution >= 0.6 is 0 Å². The van der Waals surface area contributed by atoms with Crippen LogP contribution in [0.1, 0.15) is 19.3 Å². The Hall–Kier alpha value is -3.73. The zero-order valence-electron chi connectivity index (χ0n) is 16.8. The lowest BCUT2D eigenvalue weighted by atomic mass is 10.0. The molecular weight excluding hydrogens is 402 g/mol. The number of methoxy groups -OCH3 is 1. The fourth-order valence-corrected chi connectivity index (χ4v) is 3.90. The number of aromatic nitrogens is 2. The predicted molar refractivity (Wildman–Crippen MR) is 113 cm³/mol. The van der Waals surface area contributed by atoms with Crippen LogP contribution in [-0.2, 0) is 4.79 Å². The number of fused-ring (bicyclic) bond motifs is 1. The minimum Gasteiger partial charge on any atom is -0.494 e. The van der Waals surface area contributed by atoms with Gasteiger partial charge in [0.15, 0.2) is 11.6 Å². The van der Waals surface area contributed by atoms with E-state index in [0.29, 0.717) is 22.4 Å². The third-order valence-corrected chi connectivity index (χ3v) is 5.42. The first-order chi connectivity index (χ1) is 15.0. The van der Waals surface area contributed by atoms with Gasteiger partial charge >= 0.3 is 0 Å². The maximum absolute atomic E-state index is 14.6. The van der Waals surface area contributed by atoms with Gasteiger partial charge in [-0.3, -0.25) is 4.79 Å². The molecule has 2 atom stereocenters. The molecule has 158 valence electrons. The van der Waals surface area contributed by atoms with Gasteiger partial charge in [-0.2, -0.15) is 0 Å². The summed E-state index contributed by atoms with van der Waals surface area (Å²) in [5.41, 5.74) is 0.812. The lowest BCUT2D eigenvalue weighted by Gasteiger charge is -2.21. The Labute approximate surface area is 178 Å². The Kier molecular flexibility index (Phi) is 5.67. The number of nitrogens with zero attached hydrogens (tertiary/aromatic N) is 2. The Morgan fingerprint density at radius 3 is 2.81 bits per heavy atom. The van der Waals surface area contributed by atoms with Crippen molar-refractivity contribution in [3.63, 3.8) is 0 Å². The topological polar surface area (TPSA) is 76.1 Å². The highest BCUT2D eigenvalue weighted by Crippen LogP contribution is 2.33. The Bertz CT molecular complexity index is 1190. The second kappa shape index (κ2) is 8.56. The van der Waals surface area contributed by atoms with Crippen molar-refractivity contribution in [2.24, 2.45) is 0 Å². The van der Waals surface area contributed by atoms with Crippen molar-refractivity contribution in [1.82, 2.24) is 15.3 Å². The number of halogens is 2. The molecule has 0 unspecified atom stereocenters. The first kappa shape index (κ1) is 20.5. The highest BCUT2D eigenvalue weighted by Gasteiger charge is 2.28. The van der Waals surface area contributed by atoms with Crippen molar-refractivity contribution >= 4 is 22.8 Å².